The summed E-state index contributed by atoms with van der Waals surface area (Å²) in [6.07, 6.45) is 0. The van der Waals surface area contributed by atoms with Crippen LogP contribution in [0.2, 0.25) is 0 Å². The molecule has 16 heavy (non-hydrogen) atoms. The number of nitro groups is 1. The zero-order valence-electron chi connectivity index (χ0n) is 7.80. The molecule has 1 rings (SSSR count). The molecule has 5 nitrogen and oxygen atoms in total. The Labute approximate surface area is 99.4 Å². The summed E-state index contributed by atoms with van der Waals surface area (Å²) in [7, 11) is 0. The Hall–Kier alpha value is -0.830. The molecule has 0 unspecified atom stereocenters. The quantitative estimate of drug-likeness (QED) is 0.646. The number of hydrogen-bond acceptors (Lipinski definition) is 5. The second-order valence-corrected chi connectivity index (χ2v) is 3.76. The van der Waals surface area contributed by atoms with E-state index in [0.29, 0.717) is 0 Å². The van der Waals surface area contributed by atoms with E-state index in [1.807, 2.05) is 0 Å². The Morgan fingerprint density at radius 1 is 1.69 bits per heavy atom. The molecule has 0 bridgehead atoms. The molecule has 0 spiro atoms. The Morgan fingerprint density at radius 3 is 2.62 bits per heavy atom. The number of aliphatic hydroxyl groups excluding tert-OH is 1. The van der Waals surface area contributed by atoms with Crippen molar-refractivity contribution in [1.29, 1.82) is 0 Å². The first-order chi connectivity index (χ1) is 6.88. The van der Waals surface area contributed by atoms with Crippen LogP contribution in [0.25, 0.3) is 0 Å². The van der Waals surface area contributed by atoms with E-state index in [0.717, 1.165) is 17.4 Å². The SMILES string of the molecule is Cl.N[C@@H](c1csc([N+](=O)[O-])c1)C(F)(F)CO. The van der Waals surface area contributed by atoms with Crippen molar-refractivity contribution in [3.8, 4) is 0 Å². The van der Waals surface area contributed by atoms with Crippen LogP contribution < -0.4 is 5.73 Å². The zero-order valence-corrected chi connectivity index (χ0v) is 9.43. The van der Waals surface area contributed by atoms with Gasteiger partial charge in [-0.2, -0.15) is 0 Å². The van der Waals surface area contributed by atoms with Crippen molar-refractivity contribution in [3.05, 3.63) is 27.1 Å². The highest BCUT2D eigenvalue weighted by Gasteiger charge is 2.38. The maximum Gasteiger partial charge on any atom is 0.324 e. The molecule has 92 valence electrons. The largest absolute Gasteiger partial charge is 0.390 e. The number of nitrogens with two attached hydrogens (primary N) is 1. The summed E-state index contributed by atoms with van der Waals surface area (Å²) in [6, 6.07) is -0.744. The third-order valence-electron chi connectivity index (χ3n) is 1.81. The number of thiophene rings is 1. The van der Waals surface area contributed by atoms with Gasteiger partial charge in [0, 0.05) is 11.4 Å². The van der Waals surface area contributed by atoms with Gasteiger partial charge in [0.2, 0.25) is 0 Å². The van der Waals surface area contributed by atoms with Gasteiger partial charge in [-0.05, 0) is 5.56 Å². The first-order valence-corrected chi connectivity index (χ1v) is 4.73. The first-order valence-electron chi connectivity index (χ1n) is 3.85. The monoisotopic (exact) mass is 274 g/mol. The van der Waals surface area contributed by atoms with E-state index >= 15 is 0 Å². The molecule has 1 aromatic heterocycles. The molecule has 0 aliphatic carbocycles. The van der Waals surface area contributed by atoms with Crippen LogP contribution in [-0.4, -0.2) is 22.6 Å². The lowest BCUT2D eigenvalue weighted by Gasteiger charge is -2.19. The molecule has 1 aromatic rings. The van der Waals surface area contributed by atoms with E-state index in [-0.39, 0.29) is 23.0 Å². The maximum atomic E-state index is 12.9. The van der Waals surface area contributed by atoms with Gasteiger partial charge in [-0.3, -0.25) is 10.1 Å². The standard InChI is InChI=1S/C7H8F2N2O3S.ClH/c8-7(9,3-12)6(10)4-1-5(11(13)14)15-2-4;/h1-2,6,12H,3,10H2;1H/t6-;/m0./s1. The van der Waals surface area contributed by atoms with Gasteiger partial charge in [0.05, 0.1) is 11.0 Å². The Kier molecular flexibility index (Phi) is 5.20. The highest BCUT2D eigenvalue weighted by molar-refractivity contribution is 7.13. The van der Waals surface area contributed by atoms with Crippen molar-refractivity contribution in [2.45, 2.75) is 12.0 Å². The third-order valence-corrected chi connectivity index (χ3v) is 2.71. The van der Waals surface area contributed by atoms with Crippen LogP contribution in [0, 0.1) is 10.1 Å². The molecule has 0 radical (unpaired) electrons. The third kappa shape index (κ3) is 3.08. The van der Waals surface area contributed by atoms with Crippen molar-refractivity contribution in [3.63, 3.8) is 0 Å². The molecular weight excluding hydrogens is 266 g/mol. The van der Waals surface area contributed by atoms with Crippen molar-refractivity contribution in [2.24, 2.45) is 5.73 Å². The molecule has 0 saturated carbocycles. The van der Waals surface area contributed by atoms with Crippen LogP contribution in [0.4, 0.5) is 13.8 Å². The summed E-state index contributed by atoms with van der Waals surface area (Å²) in [5.74, 6) is -3.48. The zero-order chi connectivity index (χ0) is 11.6. The average molecular weight is 275 g/mol. The van der Waals surface area contributed by atoms with Crippen LogP contribution in [0.5, 0.6) is 0 Å². The number of hydrogen-bond donors (Lipinski definition) is 2. The molecule has 0 amide bonds. The van der Waals surface area contributed by atoms with Gasteiger partial charge in [-0.15, -0.1) is 12.4 Å². The second kappa shape index (κ2) is 5.48. The van der Waals surface area contributed by atoms with Crippen molar-refractivity contribution < 1.29 is 18.8 Å². The molecule has 1 atom stereocenters. The molecule has 0 saturated heterocycles. The number of alkyl halides is 2. The van der Waals surface area contributed by atoms with E-state index in [2.05, 4.69) is 0 Å². The fourth-order valence-corrected chi connectivity index (χ4v) is 1.70. The van der Waals surface area contributed by atoms with Crippen LogP contribution in [-0.2, 0) is 0 Å². The lowest BCUT2D eigenvalue weighted by atomic mass is 10.1. The minimum atomic E-state index is -3.48. The van der Waals surface area contributed by atoms with E-state index in [4.69, 9.17) is 10.8 Å². The summed E-state index contributed by atoms with van der Waals surface area (Å²) in [4.78, 5) is 9.61. The Balaban J connectivity index is 0.00000225. The molecule has 1 heterocycles. The molecule has 0 aliphatic rings. The lowest BCUT2D eigenvalue weighted by Crippen LogP contribution is -2.35. The van der Waals surface area contributed by atoms with E-state index in [9.17, 15) is 18.9 Å². The summed E-state index contributed by atoms with van der Waals surface area (Å²) in [6.45, 7) is -1.39. The predicted molar refractivity (Wildman–Crippen MR) is 57.2 cm³/mol. The van der Waals surface area contributed by atoms with Crippen molar-refractivity contribution in [1.82, 2.24) is 0 Å². The number of halogens is 3. The fraction of sp³-hybridized carbons (Fsp3) is 0.429. The summed E-state index contributed by atoms with van der Waals surface area (Å²) < 4.78 is 25.8. The van der Waals surface area contributed by atoms with Gasteiger partial charge < -0.3 is 10.8 Å². The van der Waals surface area contributed by atoms with Gasteiger partial charge in [0.25, 0.3) is 5.92 Å². The van der Waals surface area contributed by atoms with Gasteiger partial charge >= 0.3 is 5.00 Å². The molecular formula is C7H9ClF2N2O3S. The van der Waals surface area contributed by atoms with Crippen molar-refractivity contribution in [2.75, 3.05) is 6.61 Å². The molecule has 0 aliphatic heterocycles. The summed E-state index contributed by atoms with van der Waals surface area (Å²) in [5, 5.41) is 19.6. The highest BCUT2D eigenvalue weighted by atomic mass is 35.5. The maximum absolute atomic E-state index is 12.9. The van der Waals surface area contributed by atoms with Gasteiger partial charge in [-0.25, -0.2) is 8.78 Å². The van der Waals surface area contributed by atoms with Crippen molar-refractivity contribution >= 4 is 28.7 Å². The van der Waals surface area contributed by atoms with Crippen LogP contribution in [0.15, 0.2) is 11.4 Å². The Bertz CT molecular complexity index is 374. The minimum Gasteiger partial charge on any atom is -0.390 e. The van der Waals surface area contributed by atoms with Gasteiger partial charge in [-0.1, -0.05) is 11.3 Å². The molecule has 0 aromatic carbocycles. The summed E-state index contributed by atoms with van der Waals surface area (Å²) in [5.41, 5.74) is 5.12. The smallest absolute Gasteiger partial charge is 0.324 e. The van der Waals surface area contributed by atoms with Gasteiger partial charge in [0.1, 0.15) is 6.61 Å². The summed E-state index contributed by atoms with van der Waals surface area (Å²) >= 11 is 0.719. The molecule has 3 N–H and O–H groups in total. The topological polar surface area (TPSA) is 89.4 Å². The molecule has 9 heteroatoms. The van der Waals surface area contributed by atoms with E-state index in [1.54, 1.807) is 0 Å². The normalized spacial score (nSPS) is 13.0. The number of nitrogens with zero attached hydrogens (tertiary/aromatic N) is 1. The average Bonchev–Trinajstić information content (AvgIpc) is 2.65. The first kappa shape index (κ1) is 15.2. The lowest BCUT2D eigenvalue weighted by molar-refractivity contribution is -0.380. The number of aliphatic hydroxyl groups is 1. The van der Waals surface area contributed by atoms with Crippen LogP contribution in [0.3, 0.4) is 0 Å². The van der Waals surface area contributed by atoms with Gasteiger partial charge in [0.15, 0.2) is 0 Å². The predicted octanol–water partition coefficient (Wildman–Crippen LogP) is 1.71. The van der Waals surface area contributed by atoms with Crippen LogP contribution in [0.1, 0.15) is 11.6 Å². The second-order valence-electron chi connectivity index (χ2n) is 2.87. The minimum absolute atomic E-state index is 0. The number of rotatable bonds is 4. The van der Waals surface area contributed by atoms with E-state index in [1.165, 1.54) is 5.38 Å². The molecule has 0 fully saturated rings. The Morgan fingerprint density at radius 2 is 2.25 bits per heavy atom. The fourth-order valence-electron chi connectivity index (χ4n) is 0.940. The van der Waals surface area contributed by atoms with E-state index < -0.39 is 23.5 Å². The van der Waals surface area contributed by atoms with Crippen LogP contribution >= 0.6 is 23.7 Å². The highest BCUT2D eigenvalue weighted by Crippen LogP contribution is 2.33.